The van der Waals surface area contributed by atoms with E-state index >= 15 is 0 Å². The van der Waals surface area contributed by atoms with Crippen molar-refractivity contribution in [3.8, 4) is 0 Å². The van der Waals surface area contributed by atoms with Crippen molar-refractivity contribution in [1.82, 2.24) is 4.90 Å². The molecule has 26 heavy (non-hydrogen) atoms. The first-order valence-electron chi connectivity index (χ1n) is 8.13. The number of esters is 1. The van der Waals surface area contributed by atoms with Crippen LogP contribution < -0.4 is 0 Å². The topological polar surface area (TPSA) is 80.8 Å². The predicted molar refractivity (Wildman–Crippen MR) is 92.9 cm³/mol. The number of amides is 2. The molecule has 1 aliphatic rings. The lowest BCUT2D eigenvalue weighted by molar-refractivity contribution is -0.146. The van der Waals surface area contributed by atoms with Crippen LogP contribution >= 0.6 is 0 Å². The Morgan fingerprint density at radius 2 is 1.50 bits per heavy atom. The highest BCUT2D eigenvalue weighted by molar-refractivity contribution is 6.22. The molecule has 0 spiro atoms. The van der Waals surface area contributed by atoms with Crippen molar-refractivity contribution in [3.63, 3.8) is 0 Å². The highest BCUT2D eigenvalue weighted by Crippen LogP contribution is 2.24. The van der Waals surface area contributed by atoms with Gasteiger partial charge in [0.05, 0.1) is 11.1 Å². The number of hydrogen-bond acceptors (Lipinski definition) is 5. The zero-order chi connectivity index (χ0) is 18.8. The first kappa shape index (κ1) is 17.5. The number of imide groups is 1. The third-order valence-corrected chi connectivity index (χ3v) is 4.27. The van der Waals surface area contributed by atoms with Crippen molar-refractivity contribution < 1.29 is 23.9 Å². The van der Waals surface area contributed by atoms with Crippen LogP contribution in [0.1, 0.15) is 43.6 Å². The molecule has 0 saturated heterocycles. The van der Waals surface area contributed by atoms with Crippen LogP contribution in [-0.2, 0) is 9.53 Å². The lowest BCUT2D eigenvalue weighted by Crippen LogP contribution is -2.44. The molecular weight excluding hydrogens is 334 g/mol. The predicted octanol–water partition coefficient (Wildman–Crippen LogP) is 2.41. The number of Topliss-reactive ketones (excluding diaryl/α,β-unsaturated/α-hetero) is 1. The van der Waals surface area contributed by atoms with E-state index < -0.39 is 30.4 Å². The number of benzene rings is 2. The summed E-state index contributed by atoms with van der Waals surface area (Å²) in [4.78, 5) is 49.9. The van der Waals surface area contributed by atoms with E-state index in [-0.39, 0.29) is 16.9 Å². The van der Waals surface area contributed by atoms with E-state index in [1.54, 1.807) is 36.4 Å². The summed E-state index contributed by atoms with van der Waals surface area (Å²) in [6.07, 6.45) is 0. The molecule has 6 nitrogen and oxygen atoms in total. The van der Waals surface area contributed by atoms with E-state index in [0.29, 0.717) is 5.56 Å². The largest absolute Gasteiger partial charge is 0.456 e. The Morgan fingerprint density at radius 1 is 0.962 bits per heavy atom. The van der Waals surface area contributed by atoms with E-state index in [0.717, 1.165) is 10.5 Å². The lowest BCUT2D eigenvalue weighted by atomic mass is 10.1. The minimum atomic E-state index is -1.12. The second-order valence-corrected chi connectivity index (χ2v) is 6.10. The second kappa shape index (κ2) is 6.92. The highest BCUT2D eigenvalue weighted by atomic mass is 16.5. The van der Waals surface area contributed by atoms with Gasteiger partial charge in [0, 0.05) is 5.56 Å². The van der Waals surface area contributed by atoms with E-state index in [1.165, 1.54) is 19.1 Å². The maximum atomic E-state index is 12.4. The molecule has 6 heteroatoms. The third-order valence-electron chi connectivity index (χ3n) is 4.27. The van der Waals surface area contributed by atoms with Gasteiger partial charge in [-0.2, -0.15) is 0 Å². The molecule has 2 aromatic rings. The smallest absolute Gasteiger partial charge is 0.329 e. The molecule has 2 amide bonds. The Labute approximate surface area is 150 Å². The summed E-state index contributed by atoms with van der Waals surface area (Å²) in [7, 11) is 0. The molecule has 0 fully saturated rings. The Hall–Kier alpha value is -3.28. The summed E-state index contributed by atoms with van der Waals surface area (Å²) in [5.74, 6) is -2.24. The fraction of sp³-hybridized carbons (Fsp3) is 0.200. The molecule has 1 aliphatic heterocycles. The van der Waals surface area contributed by atoms with Crippen LogP contribution in [0, 0.1) is 6.92 Å². The standard InChI is InChI=1S/C20H17NO5/c1-12-7-9-14(10-8-12)17(22)11-26-20(25)13(2)21-18(23)15-5-3-4-6-16(15)19(21)24/h3-10,13H,11H2,1-2H3. The number of carbonyl (C=O) groups is 4. The average Bonchev–Trinajstić information content (AvgIpc) is 2.90. The Balaban J connectivity index is 1.65. The molecule has 1 unspecified atom stereocenters. The lowest BCUT2D eigenvalue weighted by Gasteiger charge is -2.20. The molecule has 0 aromatic heterocycles. The van der Waals surface area contributed by atoms with Gasteiger partial charge in [-0.3, -0.25) is 19.3 Å². The maximum Gasteiger partial charge on any atom is 0.329 e. The monoisotopic (exact) mass is 351 g/mol. The molecule has 0 aliphatic carbocycles. The number of fused-ring (bicyclic) bond motifs is 1. The Kier molecular flexibility index (Phi) is 4.67. The zero-order valence-corrected chi connectivity index (χ0v) is 14.4. The van der Waals surface area contributed by atoms with Gasteiger partial charge in [-0.05, 0) is 26.0 Å². The first-order chi connectivity index (χ1) is 12.4. The van der Waals surface area contributed by atoms with Crippen molar-refractivity contribution in [1.29, 1.82) is 0 Å². The zero-order valence-electron chi connectivity index (χ0n) is 14.4. The fourth-order valence-corrected chi connectivity index (χ4v) is 2.75. The number of rotatable bonds is 5. The van der Waals surface area contributed by atoms with E-state index in [9.17, 15) is 19.2 Å². The van der Waals surface area contributed by atoms with E-state index in [1.807, 2.05) is 6.92 Å². The van der Waals surface area contributed by atoms with Crippen molar-refractivity contribution in [2.24, 2.45) is 0 Å². The van der Waals surface area contributed by atoms with Gasteiger partial charge < -0.3 is 4.74 Å². The van der Waals surface area contributed by atoms with Gasteiger partial charge in [-0.1, -0.05) is 42.0 Å². The molecule has 1 atom stereocenters. The number of aryl methyl sites for hydroxylation is 1. The Bertz CT molecular complexity index is 866. The van der Waals surface area contributed by atoms with Crippen LogP contribution in [0.2, 0.25) is 0 Å². The van der Waals surface area contributed by atoms with Gasteiger partial charge in [0.15, 0.2) is 12.4 Å². The van der Waals surface area contributed by atoms with Crippen LogP contribution in [0.25, 0.3) is 0 Å². The molecule has 3 rings (SSSR count). The molecular formula is C20H17NO5. The van der Waals surface area contributed by atoms with Gasteiger partial charge in [0.25, 0.3) is 11.8 Å². The van der Waals surface area contributed by atoms with Gasteiger partial charge in [0.2, 0.25) is 0 Å². The summed E-state index contributed by atoms with van der Waals surface area (Å²) in [5, 5.41) is 0. The molecule has 0 radical (unpaired) electrons. The molecule has 0 N–H and O–H groups in total. The summed E-state index contributed by atoms with van der Waals surface area (Å²) < 4.78 is 5.02. The van der Waals surface area contributed by atoms with Crippen molar-refractivity contribution in [2.45, 2.75) is 19.9 Å². The second-order valence-electron chi connectivity index (χ2n) is 6.10. The van der Waals surface area contributed by atoms with E-state index in [4.69, 9.17) is 4.74 Å². The van der Waals surface area contributed by atoms with Crippen molar-refractivity contribution >= 4 is 23.6 Å². The van der Waals surface area contributed by atoms with Crippen LogP contribution in [0.5, 0.6) is 0 Å². The summed E-state index contributed by atoms with van der Waals surface area (Å²) in [5.41, 5.74) is 1.95. The minimum Gasteiger partial charge on any atom is -0.456 e. The molecule has 132 valence electrons. The number of nitrogens with zero attached hydrogens (tertiary/aromatic N) is 1. The average molecular weight is 351 g/mol. The number of hydrogen-bond donors (Lipinski definition) is 0. The molecule has 2 aromatic carbocycles. The van der Waals surface area contributed by atoms with E-state index in [2.05, 4.69) is 0 Å². The number of ketones is 1. The fourth-order valence-electron chi connectivity index (χ4n) is 2.75. The maximum absolute atomic E-state index is 12.4. The molecule has 0 bridgehead atoms. The van der Waals surface area contributed by atoms with Crippen molar-refractivity contribution in [3.05, 3.63) is 70.8 Å². The third kappa shape index (κ3) is 3.13. The SMILES string of the molecule is Cc1ccc(C(=O)COC(=O)C(C)N2C(=O)c3ccccc3C2=O)cc1. The summed E-state index contributed by atoms with van der Waals surface area (Å²) in [6, 6.07) is 12.1. The van der Waals surface area contributed by atoms with Gasteiger partial charge in [-0.25, -0.2) is 4.79 Å². The minimum absolute atomic E-state index is 0.257. The number of carbonyl (C=O) groups excluding carboxylic acids is 4. The van der Waals surface area contributed by atoms with Crippen LogP contribution in [0.3, 0.4) is 0 Å². The number of ether oxygens (including phenoxy) is 1. The van der Waals surface area contributed by atoms with Gasteiger partial charge in [-0.15, -0.1) is 0 Å². The van der Waals surface area contributed by atoms with Crippen LogP contribution in [0.4, 0.5) is 0 Å². The highest BCUT2D eigenvalue weighted by Gasteiger charge is 2.41. The van der Waals surface area contributed by atoms with Gasteiger partial charge in [0.1, 0.15) is 6.04 Å². The van der Waals surface area contributed by atoms with Gasteiger partial charge >= 0.3 is 5.97 Å². The van der Waals surface area contributed by atoms with Crippen LogP contribution in [0.15, 0.2) is 48.5 Å². The molecule has 0 saturated carbocycles. The van der Waals surface area contributed by atoms with Crippen molar-refractivity contribution in [2.75, 3.05) is 6.61 Å². The Morgan fingerprint density at radius 3 is 2.04 bits per heavy atom. The normalized spacial score (nSPS) is 14.2. The molecule has 1 heterocycles. The summed E-state index contributed by atoms with van der Waals surface area (Å²) in [6.45, 7) is 2.85. The quantitative estimate of drug-likeness (QED) is 0.469. The van der Waals surface area contributed by atoms with Crippen LogP contribution in [-0.4, -0.2) is 41.1 Å². The first-order valence-corrected chi connectivity index (χ1v) is 8.13. The summed E-state index contributed by atoms with van der Waals surface area (Å²) >= 11 is 0.